The van der Waals surface area contributed by atoms with E-state index < -0.39 is 0 Å². The number of piperidine rings is 1. The first kappa shape index (κ1) is 15.5. The van der Waals surface area contributed by atoms with Crippen LogP contribution in [0.2, 0.25) is 0 Å². The standard InChI is InChI=1S/C15H30N2O/c1-13(2)6-7-14-8-11-17(12-9-14)15(18)5-4-10-16-3/h13-14,16H,4-12H2,1-3H3. The van der Waals surface area contributed by atoms with E-state index in [0.29, 0.717) is 12.3 Å². The van der Waals surface area contributed by atoms with Crippen LogP contribution in [0.15, 0.2) is 0 Å². The van der Waals surface area contributed by atoms with Crippen molar-refractivity contribution < 1.29 is 4.79 Å². The Morgan fingerprint density at radius 3 is 2.56 bits per heavy atom. The first-order chi connectivity index (χ1) is 8.63. The van der Waals surface area contributed by atoms with Gasteiger partial charge < -0.3 is 10.2 Å². The normalized spacial score (nSPS) is 17.4. The summed E-state index contributed by atoms with van der Waals surface area (Å²) >= 11 is 0. The van der Waals surface area contributed by atoms with Crippen molar-refractivity contribution in [2.45, 2.75) is 52.4 Å². The molecule has 1 aliphatic rings. The molecule has 1 fully saturated rings. The number of rotatable bonds is 7. The molecule has 1 N–H and O–H groups in total. The van der Waals surface area contributed by atoms with E-state index in [9.17, 15) is 4.79 Å². The topological polar surface area (TPSA) is 32.3 Å². The Morgan fingerprint density at radius 1 is 1.33 bits per heavy atom. The second-order valence-electron chi connectivity index (χ2n) is 6.00. The van der Waals surface area contributed by atoms with E-state index in [1.54, 1.807) is 0 Å². The van der Waals surface area contributed by atoms with Gasteiger partial charge in [-0.25, -0.2) is 0 Å². The summed E-state index contributed by atoms with van der Waals surface area (Å²) in [5.74, 6) is 2.02. The summed E-state index contributed by atoms with van der Waals surface area (Å²) in [5, 5.41) is 3.09. The predicted octanol–water partition coefficient (Wildman–Crippen LogP) is 2.66. The molecular formula is C15H30N2O. The summed E-state index contributed by atoms with van der Waals surface area (Å²) in [5.41, 5.74) is 0. The van der Waals surface area contributed by atoms with E-state index in [1.807, 2.05) is 7.05 Å². The van der Waals surface area contributed by atoms with Gasteiger partial charge in [0.05, 0.1) is 0 Å². The van der Waals surface area contributed by atoms with Gasteiger partial charge in [-0.3, -0.25) is 4.79 Å². The van der Waals surface area contributed by atoms with Gasteiger partial charge in [0.25, 0.3) is 0 Å². The van der Waals surface area contributed by atoms with Crippen LogP contribution in [0.4, 0.5) is 0 Å². The largest absolute Gasteiger partial charge is 0.343 e. The van der Waals surface area contributed by atoms with Crippen molar-refractivity contribution >= 4 is 5.91 Å². The van der Waals surface area contributed by atoms with Gasteiger partial charge in [0.2, 0.25) is 5.91 Å². The van der Waals surface area contributed by atoms with E-state index in [-0.39, 0.29) is 0 Å². The minimum atomic E-state index is 0.354. The minimum Gasteiger partial charge on any atom is -0.343 e. The van der Waals surface area contributed by atoms with E-state index >= 15 is 0 Å². The maximum Gasteiger partial charge on any atom is 0.222 e. The summed E-state index contributed by atoms with van der Waals surface area (Å²) in [6.07, 6.45) is 6.77. The van der Waals surface area contributed by atoms with Crippen LogP contribution in [0.25, 0.3) is 0 Å². The number of nitrogens with zero attached hydrogens (tertiary/aromatic N) is 1. The van der Waals surface area contributed by atoms with E-state index in [2.05, 4.69) is 24.1 Å². The maximum absolute atomic E-state index is 11.9. The van der Waals surface area contributed by atoms with Crippen molar-refractivity contribution in [2.24, 2.45) is 11.8 Å². The fraction of sp³-hybridized carbons (Fsp3) is 0.933. The number of hydrogen-bond donors (Lipinski definition) is 1. The molecule has 0 saturated carbocycles. The summed E-state index contributed by atoms with van der Waals surface area (Å²) in [4.78, 5) is 14.0. The van der Waals surface area contributed by atoms with E-state index in [4.69, 9.17) is 0 Å². The molecule has 0 aromatic heterocycles. The molecule has 0 aliphatic carbocycles. The molecule has 0 radical (unpaired) electrons. The van der Waals surface area contributed by atoms with Crippen LogP contribution in [0.3, 0.4) is 0 Å². The molecule has 1 amide bonds. The zero-order valence-electron chi connectivity index (χ0n) is 12.4. The predicted molar refractivity (Wildman–Crippen MR) is 76.5 cm³/mol. The molecule has 1 aliphatic heterocycles. The molecule has 3 heteroatoms. The van der Waals surface area contributed by atoms with Crippen molar-refractivity contribution in [3.8, 4) is 0 Å². The average Bonchev–Trinajstić information content (AvgIpc) is 2.37. The van der Waals surface area contributed by atoms with Crippen LogP contribution in [0.5, 0.6) is 0 Å². The first-order valence-electron chi connectivity index (χ1n) is 7.55. The fourth-order valence-electron chi connectivity index (χ4n) is 2.61. The zero-order chi connectivity index (χ0) is 13.4. The maximum atomic E-state index is 11.9. The van der Waals surface area contributed by atoms with Gasteiger partial charge in [-0.1, -0.05) is 26.7 Å². The highest BCUT2D eigenvalue weighted by atomic mass is 16.2. The van der Waals surface area contributed by atoms with Gasteiger partial charge in [-0.15, -0.1) is 0 Å². The Balaban J connectivity index is 2.16. The third-order valence-electron chi connectivity index (χ3n) is 3.94. The molecule has 0 spiro atoms. The van der Waals surface area contributed by atoms with Crippen molar-refractivity contribution in [3.05, 3.63) is 0 Å². The SMILES string of the molecule is CNCCCC(=O)N1CCC(CCC(C)C)CC1. The highest BCUT2D eigenvalue weighted by Gasteiger charge is 2.22. The monoisotopic (exact) mass is 254 g/mol. The molecule has 1 rings (SSSR count). The minimum absolute atomic E-state index is 0.354. The van der Waals surface area contributed by atoms with Gasteiger partial charge in [-0.05, 0) is 44.7 Å². The van der Waals surface area contributed by atoms with Crippen LogP contribution >= 0.6 is 0 Å². The van der Waals surface area contributed by atoms with Crippen LogP contribution in [-0.4, -0.2) is 37.5 Å². The lowest BCUT2D eigenvalue weighted by Crippen LogP contribution is -2.38. The van der Waals surface area contributed by atoms with Gasteiger partial charge in [-0.2, -0.15) is 0 Å². The number of carbonyl (C=O) groups excluding carboxylic acids is 1. The highest BCUT2D eigenvalue weighted by molar-refractivity contribution is 5.76. The molecule has 1 saturated heterocycles. The van der Waals surface area contributed by atoms with Gasteiger partial charge in [0, 0.05) is 19.5 Å². The van der Waals surface area contributed by atoms with Crippen LogP contribution in [0.1, 0.15) is 52.4 Å². The quantitative estimate of drug-likeness (QED) is 0.708. The zero-order valence-corrected chi connectivity index (χ0v) is 12.4. The molecule has 106 valence electrons. The number of amides is 1. The molecule has 3 nitrogen and oxygen atoms in total. The van der Waals surface area contributed by atoms with Crippen LogP contribution < -0.4 is 5.32 Å². The van der Waals surface area contributed by atoms with Crippen LogP contribution in [-0.2, 0) is 4.79 Å². The molecule has 0 bridgehead atoms. The van der Waals surface area contributed by atoms with Crippen molar-refractivity contribution in [1.82, 2.24) is 10.2 Å². The average molecular weight is 254 g/mol. The Hall–Kier alpha value is -0.570. The number of nitrogens with one attached hydrogen (secondary N) is 1. The van der Waals surface area contributed by atoms with Gasteiger partial charge in [0.15, 0.2) is 0 Å². The smallest absolute Gasteiger partial charge is 0.222 e. The molecular weight excluding hydrogens is 224 g/mol. The Morgan fingerprint density at radius 2 is 2.00 bits per heavy atom. The molecule has 0 aromatic carbocycles. The Bertz CT molecular complexity index is 233. The van der Waals surface area contributed by atoms with Crippen molar-refractivity contribution in [1.29, 1.82) is 0 Å². The van der Waals surface area contributed by atoms with Crippen LogP contribution in [0, 0.1) is 11.8 Å². The van der Waals surface area contributed by atoms with E-state index in [1.165, 1.54) is 25.7 Å². The number of carbonyl (C=O) groups is 1. The lowest BCUT2D eigenvalue weighted by molar-refractivity contribution is -0.132. The molecule has 18 heavy (non-hydrogen) atoms. The molecule has 0 aromatic rings. The number of hydrogen-bond acceptors (Lipinski definition) is 2. The number of likely N-dealkylation sites (tertiary alicyclic amines) is 1. The fourth-order valence-corrected chi connectivity index (χ4v) is 2.61. The third kappa shape index (κ3) is 5.85. The lowest BCUT2D eigenvalue weighted by atomic mass is 9.89. The second kappa shape index (κ2) is 8.52. The van der Waals surface area contributed by atoms with Crippen molar-refractivity contribution in [2.75, 3.05) is 26.7 Å². The molecule has 0 unspecified atom stereocenters. The summed E-state index contributed by atoms with van der Waals surface area (Å²) in [6.45, 7) is 7.50. The van der Waals surface area contributed by atoms with E-state index in [0.717, 1.165) is 37.9 Å². The lowest BCUT2D eigenvalue weighted by Gasteiger charge is -2.32. The van der Waals surface area contributed by atoms with Gasteiger partial charge in [0.1, 0.15) is 0 Å². The first-order valence-corrected chi connectivity index (χ1v) is 7.55. The summed E-state index contributed by atoms with van der Waals surface area (Å²) in [7, 11) is 1.94. The third-order valence-corrected chi connectivity index (χ3v) is 3.94. The molecule has 1 heterocycles. The Labute approximate surface area is 112 Å². The van der Waals surface area contributed by atoms with Crippen molar-refractivity contribution in [3.63, 3.8) is 0 Å². The highest BCUT2D eigenvalue weighted by Crippen LogP contribution is 2.24. The Kier molecular flexibility index (Phi) is 7.33. The second-order valence-corrected chi connectivity index (χ2v) is 6.00. The molecule has 0 atom stereocenters. The summed E-state index contributed by atoms with van der Waals surface area (Å²) in [6, 6.07) is 0. The van der Waals surface area contributed by atoms with Gasteiger partial charge >= 0.3 is 0 Å². The summed E-state index contributed by atoms with van der Waals surface area (Å²) < 4.78 is 0.